The Labute approximate surface area is 116 Å². The molecule has 0 radical (unpaired) electrons. The number of hydrogen-bond donors (Lipinski definition) is 1. The van der Waals surface area contributed by atoms with Crippen molar-refractivity contribution < 1.29 is 0 Å². The minimum absolute atomic E-state index is 0.585. The van der Waals surface area contributed by atoms with Crippen molar-refractivity contribution in [3.8, 4) is 0 Å². The standard InChI is InChI=1S/C15H26N4/c1-4-5-12-10-17-15(18-11-12)19(3)14-8-6-13(16-2)7-9-14/h10-11,13-14,16H,4-9H2,1-3H3. The topological polar surface area (TPSA) is 41.1 Å². The van der Waals surface area contributed by atoms with Crippen molar-refractivity contribution in [2.75, 3.05) is 19.0 Å². The van der Waals surface area contributed by atoms with E-state index in [-0.39, 0.29) is 0 Å². The van der Waals surface area contributed by atoms with Crippen LogP contribution in [0.3, 0.4) is 0 Å². The lowest BCUT2D eigenvalue weighted by molar-refractivity contribution is 0.349. The van der Waals surface area contributed by atoms with Gasteiger partial charge in [-0.15, -0.1) is 0 Å². The fraction of sp³-hybridized carbons (Fsp3) is 0.733. The first kappa shape index (κ1) is 14.3. The molecule has 1 aliphatic carbocycles. The molecule has 1 fully saturated rings. The highest BCUT2D eigenvalue weighted by Crippen LogP contribution is 2.24. The Morgan fingerprint density at radius 1 is 1.21 bits per heavy atom. The second kappa shape index (κ2) is 6.85. The van der Waals surface area contributed by atoms with E-state index in [2.05, 4.69) is 41.2 Å². The summed E-state index contributed by atoms with van der Waals surface area (Å²) in [5.41, 5.74) is 1.23. The van der Waals surface area contributed by atoms with E-state index in [4.69, 9.17) is 0 Å². The fourth-order valence-electron chi connectivity index (χ4n) is 2.86. The molecule has 0 unspecified atom stereocenters. The van der Waals surface area contributed by atoms with Gasteiger partial charge in [-0.05, 0) is 44.7 Å². The summed E-state index contributed by atoms with van der Waals surface area (Å²) in [5, 5.41) is 3.37. The molecule has 0 aromatic carbocycles. The maximum atomic E-state index is 4.51. The van der Waals surface area contributed by atoms with Gasteiger partial charge in [0.25, 0.3) is 0 Å². The predicted molar refractivity (Wildman–Crippen MR) is 79.5 cm³/mol. The van der Waals surface area contributed by atoms with E-state index in [0.717, 1.165) is 18.8 Å². The summed E-state index contributed by atoms with van der Waals surface area (Å²) in [7, 11) is 4.18. The van der Waals surface area contributed by atoms with Crippen LogP contribution in [0.25, 0.3) is 0 Å². The largest absolute Gasteiger partial charge is 0.341 e. The maximum Gasteiger partial charge on any atom is 0.225 e. The highest BCUT2D eigenvalue weighted by atomic mass is 15.2. The number of rotatable bonds is 5. The van der Waals surface area contributed by atoms with Crippen LogP contribution in [0.15, 0.2) is 12.4 Å². The number of anilines is 1. The first-order valence-electron chi connectivity index (χ1n) is 7.45. The molecule has 19 heavy (non-hydrogen) atoms. The van der Waals surface area contributed by atoms with Crippen molar-refractivity contribution in [1.82, 2.24) is 15.3 Å². The summed E-state index contributed by atoms with van der Waals surface area (Å²) >= 11 is 0. The lowest BCUT2D eigenvalue weighted by atomic mass is 9.90. The van der Waals surface area contributed by atoms with E-state index in [1.54, 1.807) is 0 Å². The fourth-order valence-corrected chi connectivity index (χ4v) is 2.86. The third-order valence-corrected chi connectivity index (χ3v) is 4.20. The number of nitrogens with zero attached hydrogens (tertiary/aromatic N) is 3. The summed E-state index contributed by atoms with van der Waals surface area (Å²) in [4.78, 5) is 11.3. The Kier molecular flexibility index (Phi) is 5.14. The highest BCUT2D eigenvalue weighted by molar-refractivity contribution is 5.30. The van der Waals surface area contributed by atoms with Gasteiger partial charge in [0.15, 0.2) is 0 Å². The van der Waals surface area contributed by atoms with E-state index >= 15 is 0 Å². The molecule has 1 saturated carbocycles. The quantitative estimate of drug-likeness (QED) is 0.884. The van der Waals surface area contributed by atoms with Crippen LogP contribution >= 0.6 is 0 Å². The van der Waals surface area contributed by atoms with E-state index in [9.17, 15) is 0 Å². The Bertz CT molecular complexity index is 368. The average molecular weight is 262 g/mol. The zero-order chi connectivity index (χ0) is 13.7. The van der Waals surface area contributed by atoms with Gasteiger partial charge in [0.1, 0.15) is 0 Å². The smallest absolute Gasteiger partial charge is 0.225 e. The molecule has 4 heteroatoms. The van der Waals surface area contributed by atoms with Crippen LogP contribution in [0.2, 0.25) is 0 Å². The number of hydrogen-bond acceptors (Lipinski definition) is 4. The van der Waals surface area contributed by atoms with Gasteiger partial charge in [0.2, 0.25) is 5.95 Å². The molecule has 4 nitrogen and oxygen atoms in total. The normalized spacial score (nSPS) is 23.3. The van der Waals surface area contributed by atoms with Crippen LogP contribution in [0, 0.1) is 0 Å². The second-order valence-corrected chi connectivity index (χ2v) is 5.55. The minimum Gasteiger partial charge on any atom is -0.341 e. The molecule has 1 aromatic rings. The summed E-state index contributed by atoms with van der Waals surface area (Å²) in [6.45, 7) is 2.18. The number of aromatic nitrogens is 2. The van der Waals surface area contributed by atoms with Crippen LogP contribution < -0.4 is 10.2 Å². The molecule has 106 valence electrons. The lowest BCUT2D eigenvalue weighted by Crippen LogP contribution is -2.40. The predicted octanol–water partition coefficient (Wildman–Crippen LogP) is 2.40. The number of aryl methyl sites for hydroxylation is 1. The van der Waals surface area contributed by atoms with Gasteiger partial charge in [-0.1, -0.05) is 13.3 Å². The highest BCUT2D eigenvalue weighted by Gasteiger charge is 2.24. The van der Waals surface area contributed by atoms with Crippen LogP contribution in [0.1, 0.15) is 44.6 Å². The van der Waals surface area contributed by atoms with Crippen molar-refractivity contribution in [3.63, 3.8) is 0 Å². The Morgan fingerprint density at radius 2 is 1.84 bits per heavy atom. The first-order valence-corrected chi connectivity index (χ1v) is 7.45. The van der Waals surface area contributed by atoms with Gasteiger partial charge in [0.05, 0.1) is 0 Å². The van der Waals surface area contributed by atoms with E-state index < -0.39 is 0 Å². The molecule has 0 saturated heterocycles. The zero-order valence-electron chi connectivity index (χ0n) is 12.4. The second-order valence-electron chi connectivity index (χ2n) is 5.55. The molecule has 0 aliphatic heterocycles. The van der Waals surface area contributed by atoms with Crippen molar-refractivity contribution in [2.24, 2.45) is 0 Å². The van der Waals surface area contributed by atoms with Gasteiger partial charge >= 0.3 is 0 Å². The van der Waals surface area contributed by atoms with E-state index in [1.165, 1.54) is 31.2 Å². The van der Waals surface area contributed by atoms with E-state index in [1.807, 2.05) is 12.4 Å². The Morgan fingerprint density at radius 3 is 2.37 bits per heavy atom. The minimum atomic E-state index is 0.585. The molecule has 1 N–H and O–H groups in total. The van der Waals surface area contributed by atoms with Crippen LogP contribution in [-0.4, -0.2) is 36.1 Å². The molecular formula is C15H26N4. The van der Waals surface area contributed by atoms with Crippen LogP contribution in [0.4, 0.5) is 5.95 Å². The van der Waals surface area contributed by atoms with Crippen LogP contribution in [-0.2, 0) is 6.42 Å². The van der Waals surface area contributed by atoms with Crippen molar-refractivity contribution in [2.45, 2.75) is 57.5 Å². The Balaban J connectivity index is 1.94. The van der Waals surface area contributed by atoms with Gasteiger partial charge in [-0.25, -0.2) is 9.97 Å². The average Bonchev–Trinajstić information content (AvgIpc) is 2.48. The SMILES string of the molecule is CCCc1cnc(N(C)C2CCC(NC)CC2)nc1. The molecule has 0 spiro atoms. The zero-order valence-corrected chi connectivity index (χ0v) is 12.4. The van der Waals surface area contributed by atoms with E-state index in [0.29, 0.717) is 12.1 Å². The summed E-state index contributed by atoms with van der Waals surface area (Å²) in [5.74, 6) is 0.868. The van der Waals surface area contributed by atoms with Crippen molar-refractivity contribution in [3.05, 3.63) is 18.0 Å². The summed E-state index contributed by atoms with van der Waals surface area (Å²) in [6.07, 6.45) is 11.1. The summed E-state index contributed by atoms with van der Waals surface area (Å²) in [6, 6.07) is 1.28. The Hall–Kier alpha value is -1.16. The van der Waals surface area contributed by atoms with Gasteiger partial charge < -0.3 is 10.2 Å². The molecule has 0 bridgehead atoms. The van der Waals surface area contributed by atoms with Crippen molar-refractivity contribution in [1.29, 1.82) is 0 Å². The third kappa shape index (κ3) is 3.66. The lowest BCUT2D eigenvalue weighted by Gasteiger charge is -2.34. The molecule has 0 atom stereocenters. The molecule has 2 rings (SSSR count). The first-order chi connectivity index (χ1) is 9.24. The monoisotopic (exact) mass is 262 g/mol. The number of nitrogens with one attached hydrogen (secondary N) is 1. The third-order valence-electron chi connectivity index (χ3n) is 4.20. The molecule has 1 heterocycles. The van der Waals surface area contributed by atoms with Gasteiger partial charge in [0, 0.05) is 31.5 Å². The van der Waals surface area contributed by atoms with Gasteiger partial charge in [-0.3, -0.25) is 0 Å². The van der Waals surface area contributed by atoms with Gasteiger partial charge in [-0.2, -0.15) is 0 Å². The summed E-state index contributed by atoms with van der Waals surface area (Å²) < 4.78 is 0. The molecule has 1 aromatic heterocycles. The molecular weight excluding hydrogens is 236 g/mol. The molecule has 1 aliphatic rings. The maximum absolute atomic E-state index is 4.51. The molecule has 0 amide bonds. The van der Waals surface area contributed by atoms with Crippen molar-refractivity contribution >= 4 is 5.95 Å². The van der Waals surface area contributed by atoms with Crippen LogP contribution in [0.5, 0.6) is 0 Å².